The average molecular weight is 519 g/mol. The zero-order chi connectivity index (χ0) is 23.4. The second-order valence-electron chi connectivity index (χ2n) is 8.16. The van der Waals surface area contributed by atoms with Crippen LogP contribution in [-0.4, -0.2) is 9.16 Å². The van der Waals surface area contributed by atoms with Crippen molar-refractivity contribution in [1.29, 1.82) is 0 Å². The Hall–Kier alpha value is -1.72. The summed E-state index contributed by atoms with van der Waals surface area (Å²) in [4.78, 5) is 5.38. The molecule has 0 bridgehead atoms. The summed E-state index contributed by atoms with van der Waals surface area (Å²) in [5.41, 5.74) is 0. The van der Waals surface area contributed by atoms with Crippen LogP contribution in [0.15, 0.2) is 141 Å². The molecule has 0 atom stereocenters. The van der Waals surface area contributed by atoms with Crippen molar-refractivity contribution in [3.8, 4) is 0 Å². The molecule has 4 heteroatoms. The Bertz CT molecular complexity index is 900. The summed E-state index contributed by atoms with van der Waals surface area (Å²) < 4.78 is 0.952. The van der Waals surface area contributed by atoms with E-state index in [4.69, 9.17) is 0 Å². The van der Waals surface area contributed by atoms with Gasteiger partial charge in [0.15, 0.2) is 0 Å². The van der Waals surface area contributed by atoms with Crippen molar-refractivity contribution in [2.75, 3.05) is 0 Å². The van der Waals surface area contributed by atoms with Gasteiger partial charge < -0.3 is 0 Å². The van der Waals surface area contributed by atoms with E-state index in [9.17, 15) is 0 Å². The molecule has 0 aliphatic carbocycles. The zero-order valence-corrected chi connectivity index (χ0v) is 22.6. The van der Waals surface area contributed by atoms with Crippen LogP contribution in [-0.2, 0) is 0 Å². The smallest absolute Gasteiger partial charge is 0.0599 e. The third-order valence-corrected chi connectivity index (χ3v) is 10.4. The standard InChI is InChI=1S/C30H30S4/c1-24(22-29(31-25-14-6-2-7-15-25)32-26-16-8-3-9-17-26)23-30(33-27-18-10-4-11-19-27)34-28-20-12-5-13-21-28/h2-21,24,29-30H,22-23H2,1H3. The number of rotatable bonds is 12. The van der Waals surface area contributed by atoms with E-state index in [-0.39, 0.29) is 0 Å². The Morgan fingerprint density at radius 3 is 0.882 bits per heavy atom. The fraction of sp³-hybridized carbons (Fsp3) is 0.200. The van der Waals surface area contributed by atoms with Crippen LogP contribution in [0.4, 0.5) is 0 Å². The fourth-order valence-corrected chi connectivity index (χ4v) is 9.49. The van der Waals surface area contributed by atoms with Gasteiger partial charge in [0.05, 0.1) is 9.16 Å². The van der Waals surface area contributed by atoms with E-state index < -0.39 is 0 Å². The predicted octanol–water partition coefficient (Wildman–Crippen LogP) is 10.2. The lowest BCUT2D eigenvalue weighted by Gasteiger charge is -2.24. The molecule has 4 aromatic rings. The molecule has 0 fully saturated rings. The van der Waals surface area contributed by atoms with Crippen LogP contribution < -0.4 is 0 Å². The van der Waals surface area contributed by atoms with Crippen LogP contribution >= 0.6 is 47.0 Å². The number of benzene rings is 4. The maximum atomic E-state index is 2.42. The van der Waals surface area contributed by atoms with Crippen LogP contribution in [0.25, 0.3) is 0 Å². The largest absolute Gasteiger partial charge is 0.111 e. The van der Waals surface area contributed by atoms with Crippen molar-refractivity contribution in [3.63, 3.8) is 0 Å². The SMILES string of the molecule is CC(CC(Sc1ccccc1)Sc1ccccc1)CC(Sc1ccccc1)Sc1ccccc1. The van der Waals surface area contributed by atoms with E-state index in [1.54, 1.807) is 0 Å². The first-order valence-corrected chi connectivity index (χ1v) is 15.1. The summed E-state index contributed by atoms with van der Waals surface area (Å²) in [6.45, 7) is 2.42. The van der Waals surface area contributed by atoms with Gasteiger partial charge in [0, 0.05) is 19.6 Å². The fourth-order valence-electron chi connectivity index (χ4n) is 3.60. The highest BCUT2D eigenvalue weighted by Crippen LogP contribution is 2.43. The van der Waals surface area contributed by atoms with Crippen molar-refractivity contribution in [3.05, 3.63) is 121 Å². The summed E-state index contributed by atoms with van der Waals surface area (Å²) in [5, 5.41) is 0. The molecule has 0 nitrogen and oxygen atoms in total. The van der Waals surface area contributed by atoms with Gasteiger partial charge in [-0.05, 0) is 67.3 Å². The Morgan fingerprint density at radius 1 is 0.412 bits per heavy atom. The molecular weight excluding hydrogens is 489 g/mol. The summed E-state index contributed by atoms with van der Waals surface area (Å²) in [6.07, 6.45) is 2.33. The van der Waals surface area contributed by atoms with E-state index in [2.05, 4.69) is 128 Å². The van der Waals surface area contributed by atoms with Gasteiger partial charge in [-0.25, -0.2) is 0 Å². The highest BCUT2D eigenvalue weighted by Gasteiger charge is 2.21. The van der Waals surface area contributed by atoms with Crippen LogP contribution in [0.5, 0.6) is 0 Å². The molecule has 4 rings (SSSR count). The zero-order valence-electron chi connectivity index (χ0n) is 19.3. The summed E-state index contributed by atoms with van der Waals surface area (Å²) in [6, 6.07) is 43.3. The lowest BCUT2D eigenvalue weighted by Crippen LogP contribution is -2.10. The van der Waals surface area contributed by atoms with Gasteiger partial charge in [-0.3, -0.25) is 0 Å². The Morgan fingerprint density at radius 2 is 0.647 bits per heavy atom. The van der Waals surface area contributed by atoms with E-state index in [1.165, 1.54) is 32.4 Å². The van der Waals surface area contributed by atoms with Gasteiger partial charge in [-0.1, -0.05) is 79.7 Å². The maximum absolute atomic E-state index is 2.42. The van der Waals surface area contributed by atoms with E-state index in [0.29, 0.717) is 15.1 Å². The number of hydrogen-bond donors (Lipinski definition) is 0. The minimum absolute atomic E-state index is 0.476. The summed E-state index contributed by atoms with van der Waals surface area (Å²) in [5.74, 6) is 0.606. The minimum atomic E-state index is 0.476. The van der Waals surface area contributed by atoms with Gasteiger partial charge >= 0.3 is 0 Å². The average Bonchev–Trinajstić information content (AvgIpc) is 2.86. The monoisotopic (exact) mass is 518 g/mol. The van der Waals surface area contributed by atoms with Gasteiger partial charge in [0.1, 0.15) is 0 Å². The third-order valence-electron chi connectivity index (χ3n) is 5.23. The quantitative estimate of drug-likeness (QED) is 0.135. The molecule has 0 radical (unpaired) electrons. The second-order valence-corrected chi connectivity index (χ2v) is 13.9. The molecule has 174 valence electrons. The van der Waals surface area contributed by atoms with Crippen molar-refractivity contribution >= 4 is 47.0 Å². The normalized spacial score (nSPS) is 11.4. The first kappa shape index (κ1) is 25.4. The highest BCUT2D eigenvalue weighted by molar-refractivity contribution is 8.17. The topological polar surface area (TPSA) is 0 Å². The third kappa shape index (κ3) is 8.81. The highest BCUT2D eigenvalue weighted by atomic mass is 32.2. The van der Waals surface area contributed by atoms with Crippen molar-refractivity contribution < 1.29 is 0 Å². The molecule has 0 N–H and O–H groups in total. The molecule has 34 heavy (non-hydrogen) atoms. The van der Waals surface area contributed by atoms with Crippen molar-refractivity contribution in [1.82, 2.24) is 0 Å². The molecule has 0 heterocycles. The van der Waals surface area contributed by atoms with Crippen molar-refractivity contribution in [2.45, 2.75) is 48.5 Å². The molecule has 0 unspecified atom stereocenters. The van der Waals surface area contributed by atoms with E-state index in [0.717, 1.165) is 0 Å². The van der Waals surface area contributed by atoms with Crippen LogP contribution in [0.3, 0.4) is 0 Å². The van der Waals surface area contributed by atoms with E-state index >= 15 is 0 Å². The second kappa shape index (κ2) is 14.0. The van der Waals surface area contributed by atoms with Crippen LogP contribution in [0.1, 0.15) is 19.8 Å². The molecular formula is C30H30S4. The van der Waals surface area contributed by atoms with Gasteiger partial charge in [0.25, 0.3) is 0 Å². The lowest BCUT2D eigenvalue weighted by atomic mass is 10.1. The first-order chi connectivity index (χ1) is 16.7. The van der Waals surface area contributed by atoms with Gasteiger partial charge in [-0.15, -0.1) is 47.0 Å². The Balaban J connectivity index is 1.45. The van der Waals surface area contributed by atoms with Gasteiger partial charge in [0.2, 0.25) is 0 Å². The van der Waals surface area contributed by atoms with Crippen LogP contribution in [0, 0.1) is 5.92 Å². The summed E-state index contributed by atoms with van der Waals surface area (Å²) >= 11 is 7.99. The molecule has 4 aromatic carbocycles. The molecule has 0 spiro atoms. The minimum Gasteiger partial charge on any atom is -0.111 e. The molecule has 0 saturated carbocycles. The van der Waals surface area contributed by atoms with Gasteiger partial charge in [-0.2, -0.15) is 0 Å². The molecule has 0 aliphatic heterocycles. The predicted molar refractivity (Wildman–Crippen MR) is 155 cm³/mol. The summed E-state index contributed by atoms with van der Waals surface area (Å²) in [7, 11) is 0. The molecule has 0 aliphatic rings. The Labute approximate surface area is 221 Å². The molecule has 0 saturated heterocycles. The number of hydrogen-bond acceptors (Lipinski definition) is 4. The maximum Gasteiger partial charge on any atom is 0.0599 e. The number of thioether (sulfide) groups is 4. The first-order valence-electron chi connectivity index (χ1n) is 11.6. The Kier molecular flexibility index (Phi) is 10.4. The van der Waals surface area contributed by atoms with E-state index in [1.807, 2.05) is 47.0 Å². The van der Waals surface area contributed by atoms with Crippen molar-refractivity contribution in [2.24, 2.45) is 5.92 Å². The lowest BCUT2D eigenvalue weighted by molar-refractivity contribution is 0.535. The molecule has 0 aromatic heterocycles. The van der Waals surface area contributed by atoms with Crippen LogP contribution in [0.2, 0.25) is 0 Å². The molecule has 0 amide bonds.